The van der Waals surface area contributed by atoms with E-state index in [1.807, 2.05) is 48.5 Å². The van der Waals surface area contributed by atoms with Crippen molar-refractivity contribution in [2.75, 3.05) is 12.4 Å². The second kappa shape index (κ2) is 11.9. The molecule has 0 atom stereocenters. The first-order chi connectivity index (χ1) is 14.0. The molecule has 0 bridgehead atoms. The minimum atomic E-state index is -0.590. The highest BCUT2D eigenvalue weighted by Gasteiger charge is 2.11. The maximum Gasteiger partial charge on any atom is 0.412 e. The summed E-state index contributed by atoms with van der Waals surface area (Å²) in [4.78, 5) is 28.0. The monoisotopic (exact) mass is 413 g/mol. The molecule has 6 nitrogen and oxygen atoms in total. The van der Waals surface area contributed by atoms with Crippen molar-refractivity contribution < 1.29 is 14.3 Å². The van der Waals surface area contributed by atoms with Gasteiger partial charge in [-0.25, -0.2) is 9.79 Å². The Balaban J connectivity index is 2.33. The molecular weight excluding hydrogens is 386 g/mol. The van der Waals surface area contributed by atoms with Gasteiger partial charge in [-0.15, -0.1) is 0 Å². The fourth-order valence-corrected chi connectivity index (χ4v) is 3.39. The number of unbranched alkanes of at least 4 members (excludes halogenated alkanes) is 1. The molecule has 2 aromatic carbocycles. The molecule has 154 valence electrons. The Labute approximate surface area is 176 Å². The fourth-order valence-electron chi connectivity index (χ4n) is 2.57. The molecule has 0 aliphatic carbocycles. The van der Waals surface area contributed by atoms with E-state index < -0.39 is 6.09 Å². The van der Waals surface area contributed by atoms with Gasteiger partial charge in [0.1, 0.15) is 0 Å². The van der Waals surface area contributed by atoms with Gasteiger partial charge in [-0.05, 0) is 36.1 Å². The van der Waals surface area contributed by atoms with Crippen LogP contribution in [0.15, 0.2) is 53.5 Å². The van der Waals surface area contributed by atoms with Crippen molar-refractivity contribution in [1.29, 1.82) is 0 Å². The van der Waals surface area contributed by atoms with Crippen molar-refractivity contribution in [3.63, 3.8) is 0 Å². The SMILES string of the molecule is CCCCc1ccc(NC(C)=O)c(N=C(NC(=O)OC)SCc2ccccc2)c1. The fraction of sp³-hybridized carbons (Fsp3) is 0.318. The predicted octanol–water partition coefficient (Wildman–Crippen LogP) is 5.26. The summed E-state index contributed by atoms with van der Waals surface area (Å²) in [6.45, 7) is 3.60. The largest absolute Gasteiger partial charge is 0.453 e. The summed E-state index contributed by atoms with van der Waals surface area (Å²) in [7, 11) is 1.31. The molecule has 2 rings (SSSR count). The van der Waals surface area contributed by atoms with Gasteiger partial charge in [0.25, 0.3) is 0 Å². The number of amides is 2. The summed E-state index contributed by atoms with van der Waals surface area (Å²) in [5.41, 5.74) is 3.43. The number of ether oxygens (including phenoxy) is 1. The molecular formula is C22H27N3O3S. The number of nitrogens with one attached hydrogen (secondary N) is 2. The van der Waals surface area contributed by atoms with E-state index >= 15 is 0 Å². The summed E-state index contributed by atoms with van der Waals surface area (Å²) in [5, 5.41) is 5.87. The van der Waals surface area contributed by atoms with Gasteiger partial charge in [-0.3, -0.25) is 10.1 Å². The Morgan fingerprint density at radius 3 is 2.52 bits per heavy atom. The Bertz CT molecular complexity index is 854. The number of amidine groups is 1. The molecule has 0 radical (unpaired) electrons. The molecule has 2 aromatic rings. The summed E-state index contributed by atoms with van der Waals surface area (Å²) < 4.78 is 4.73. The topological polar surface area (TPSA) is 79.8 Å². The van der Waals surface area contributed by atoms with Crippen LogP contribution in [-0.4, -0.2) is 24.3 Å². The number of carbonyl (C=O) groups excluding carboxylic acids is 2. The Morgan fingerprint density at radius 1 is 1.10 bits per heavy atom. The van der Waals surface area contributed by atoms with Crippen molar-refractivity contribution in [1.82, 2.24) is 5.32 Å². The highest BCUT2D eigenvalue weighted by Crippen LogP contribution is 2.29. The number of carbonyl (C=O) groups is 2. The third kappa shape index (κ3) is 7.99. The van der Waals surface area contributed by atoms with Gasteiger partial charge < -0.3 is 10.1 Å². The minimum absolute atomic E-state index is 0.179. The molecule has 7 heteroatoms. The number of hydrogen-bond donors (Lipinski definition) is 2. The van der Waals surface area contributed by atoms with Crippen LogP contribution in [0.3, 0.4) is 0 Å². The van der Waals surface area contributed by atoms with Crippen molar-refractivity contribution in [3.05, 3.63) is 59.7 Å². The van der Waals surface area contributed by atoms with Crippen molar-refractivity contribution in [2.24, 2.45) is 4.99 Å². The molecule has 2 N–H and O–H groups in total. The number of hydrogen-bond acceptors (Lipinski definition) is 5. The molecule has 0 aromatic heterocycles. The lowest BCUT2D eigenvalue weighted by Crippen LogP contribution is -2.28. The standard InChI is InChI=1S/C22H27N3O3S/c1-4-5-9-17-12-13-19(23-16(2)26)20(14-17)24-21(25-22(27)28-3)29-15-18-10-7-6-8-11-18/h6-8,10-14H,4-5,9,15H2,1-3H3,(H,23,26)(H,24,25,27). The molecule has 29 heavy (non-hydrogen) atoms. The molecule has 2 amide bonds. The van der Waals surface area contributed by atoms with E-state index in [1.54, 1.807) is 0 Å². The zero-order valence-electron chi connectivity index (χ0n) is 17.0. The van der Waals surface area contributed by atoms with Gasteiger partial charge in [0.15, 0.2) is 5.17 Å². The minimum Gasteiger partial charge on any atom is -0.453 e. The number of rotatable bonds is 7. The summed E-state index contributed by atoms with van der Waals surface area (Å²) in [6, 6.07) is 15.7. The second-order valence-electron chi connectivity index (χ2n) is 6.44. The first kappa shape index (κ1) is 22.5. The Hall–Kier alpha value is -2.80. The van der Waals surface area contributed by atoms with Crippen molar-refractivity contribution >= 4 is 40.3 Å². The first-order valence-electron chi connectivity index (χ1n) is 9.52. The van der Waals surface area contributed by atoms with Gasteiger partial charge in [-0.1, -0.05) is 61.5 Å². The average Bonchev–Trinajstić information content (AvgIpc) is 2.72. The lowest BCUT2D eigenvalue weighted by Gasteiger charge is -2.12. The third-order valence-corrected chi connectivity index (χ3v) is 4.97. The van der Waals surface area contributed by atoms with Gasteiger partial charge in [0.05, 0.1) is 18.5 Å². The maximum absolute atomic E-state index is 11.8. The van der Waals surface area contributed by atoms with Crippen LogP contribution in [0.5, 0.6) is 0 Å². The van der Waals surface area contributed by atoms with E-state index in [2.05, 4.69) is 22.5 Å². The number of benzene rings is 2. The first-order valence-corrected chi connectivity index (χ1v) is 10.5. The smallest absolute Gasteiger partial charge is 0.412 e. The predicted molar refractivity (Wildman–Crippen MR) is 120 cm³/mol. The van der Waals surface area contributed by atoms with Gasteiger partial charge >= 0.3 is 6.09 Å². The molecule has 0 fully saturated rings. The van der Waals surface area contributed by atoms with Crippen LogP contribution in [0, 0.1) is 0 Å². The Kier molecular flexibility index (Phi) is 9.24. The average molecular weight is 414 g/mol. The molecule has 0 spiro atoms. The van der Waals surface area contributed by atoms with Crippen molar-refractivity contribution in [3.8, 4) is 0 Å². The second-order valence-corrected chi connectivity index (χ2v) is 7.41. The number of nitrogens with zero attached hydrogens (tertiary/aromatic N) is 1. The van der Waals surface area contributed by atoms with Crippen LogP contribution >= 0.6 is 11.8 Å². The number of thioether (sulfide) groups is 1. The molecule has 0 saturated carbocycles. The number of alkyl carbamates (subject to hydrolysis) is 1. The number of methoxy groups -OCH3 is 1. The molecule has 0 aliphatic heterocycles. The van der Waals surface area contributed by atoms with Crippen LogP contribution in [0.1, 0.15) is 37.8 Å². The maximum atomic E-state index is 11.8. The van der Waals surface area contributed by atoms with Crippen LogP contribution < -0.4 is 10.6 Å². The number of aryl methyl sites for hydroxylation is 1. The van der Waals surface area contributed by atoms with E-state index in [4.69, 9.17) is 4.74 Å². The zero-order valence-corrected chi connectivity index (χ0v) is 17.8. The third-order valence-electron chi connectivity index (χ3n) is 4.03. The quantitative estimate of drug-likeness (QED) is 0.479. The zero-order chi connectivity index (χ0) is 21.1. The van der Waals surface area contributed by atoms with E-state index in [9.17, 15) is 9.59 Å². The van der Waals surface area contributed by atoms with E-state index in [-0.39, 0.29) is 5.91 Å². The lowest BCUT2D eigenvalue weighted by atomic mass is 10.1. The van der Waals surface area contributed by atoms with E-state index in [0.29, 0.717) is 22.3 Å². The van der Waals surface area contributed by atoms with Crippen LogP contribution in [-0.2, 0) is 21.7 Å². The molecule has 0 aliphatic rings. The van der Waals surface area contributed by atoms with Gasteiger partial charge in [-0.2, -0.15) is 0 Å². The summed E-state index contributed by atoms with van der Waals surface area (Å²) in [5.74, 6) is 0.455. The number of aliphatic imine (C=N–C) groups is 1. The Morgan fingerprint density at radius 2 is 1.86 bits per heavy atom. The van der Waals surface area contributed by atoms with Crippen LogP contribution in [0.4, 0.5) is 16.2 Å². The summed E-state index contributed by atoms with van der Waals surface area (Å²) in [6.07, 6.45) is 2.50. The summed E-state index contributed by atoms with van der Waals surface area (Å²) >= 11 is 1.39. The van der Waals surface area contributed by atoms with Gasteiger partial charge in [0.2, 0.25) is 5.91 Å². The van der Waals surface area contributed by atoms with E-state index in [1.165, 1.54) is 25.8 Å². The van der Waals surface area contributed by atoms with Crippen molar-refractivity contribution in [2.45, 2.75) is 38.9 Å². The molecule has 0 unspecified atom stereocenters. The lowest BCUT2D eigenvalue weighted by molar-refractivity contribution is -0.114. The van der Waals surface area contributed by atoms with Crippen LogP contribution in [0.25, 0.3) is 0 Å². The molecule has 0 saturated heterocycles. The highest BCUT2D eigenvalue weighted by atomic mass is 32.2. The van der Waals surface area contributed by atoms with Crippen LogP contribution in [0.2, 0.25) is 0 Å². The normalized spacial score (nSPS) is 11.1. The van der Waals surface area contributed by atoms with Gasteiger partial charge in [0, 0.05) is 12.7 Å². The van der Waals surface area contributed by atoms with E-state index in [0.717, 1.165) is 30.4 Å². The highest BCUT2D eigenvalue weighted by molar-refractivity contribution is 8.13. The number of anilines is 1. The molecule has 0 heterocycles.